The number of alkyl halides is 3. The number of benzene rings is 1. The molecule has 1 amide bonds. The third kappa shape index (κ3) is 6.32. The highest BCUT2D eigenvalue weighted by Gasteiger charge is 2.34. The van der Waals surface area contributed by atoms with E-state index in [4.69, 9.17) is 5.73 Å². The van der Waals surface area contributed by atoms with Gasteiger partial charge in [-0.25, -0.2) is 0 Å². The van der Waals surface area contributed by atoms with Crippen molar-refractivity contribution in [3.8, 4) is 5.75 Å². The number of amides is 1. The Kier molecular flexibility index (Phi) is 9.17. The third-order valence-corrected chi connectivity index (χ3v) is 5.25. The van der Waals surface area contributed by atoms with Crippen LogP contribution in [-0.4, -0.2) is 37.9 Å². The van der Waals surface area contributed by atoms with Gasteiger partial charge in [0.05, 0.1) is 0 Å². The molecule has 2 fully saturated rings. The summed E-state index contributed by atoms with van der Waals surface area (Å²) in [6.45, 7) is 1.77. The molecule has 3 atom stereocenters. The first-order chi connectivity index (χ1) is 12.4. The smallest absolute Gasteiger partial charge is 0.406 e. The van der Waals surface area contributed by atoms with Crippen molar-refractivity contribution in [2.45, 2.75) is 38.1 Å². The molecule has 0 bridgehead atoms. The van der Waals surface area contributed by atoms with E-state index in [-0.39, 0.29) is 54.3 Å². The first-order valence-electron chi connectivity index (χ1n) is 8.97. The van der Waals surface area contributed by atoms with Crippen LogP contribution in [0.15, 0.2) is 24.3 Å². The zero-order valence-corrected chi connectivity index (χ0v) is 16.9. The number of nitrogens with zero attached hydrogens (tertiary/aromatic N) is 1. The van der Waals surface area contributed by atoms with Gasteiger partial charge in [0.25, 0.3) is 0 Å². The molecule has 1 aromatic carbocycles. The molecule has 1 heterocycles. The summed E-state index contributed by atoms with van der Waals surface area (Å²) in [7, 11) is 0. The molecule has 1 unspecified atom stereocenters. The van der Waals surface area contributed by atoms with Gasteiger partial charge in [-0.05, 0) is 43.9 Å². The third-order valence-electron chi connectivity index (χ3n) is 5.25. The van der Waals surface area contributed by atoms with Crippen LogP contribution in [-0.2, 0) is 4.79 Å². The number of anilines is 1. The van der Waals surface area contributed by atoms with Gasteiger partial charge in [0.2, 0.25) is 5.91 Å². The number of nitrogens with one attached hydrogen (secondary N) is 1. The zero-order valence-electron chi connectivity index (χ0n) is 15.3. The molecule has 160 valence electrons. The lowest BCUT2D eigenvalue weighted by atomic mass is 9.95. The fraction of sp³-hybridized carbons (Fsp3) is 0.611. The maximum absolute atomic E-state index is 12.5. The molecule has 1 saturated carbocycles. The lowest BCUT2D eigenvalue weighted by Crippen LogP contribution is -2.42. The van der Waals surface area contributed by atoms with Crippen LogP contribution in [0.25, 0.3) is 0 Å². The zero-order chi connectivity index (χ0) is 18.7. The molecule has 10 heteroatoms. The van der Waals surface area contributed by atoms with Crippen LogP contribution in [0.5, 0.6) is 5.75 Å². The Morgan fingerprint density at radius 3 is 2.68 bits per heavy atom. The summed E-state index contributed by atoms with van der Waals surface area (Å²) in [5.41, 5.74) is 6.40. The Morgan fingerprint density at radius 1 is 1.25 bits per heavy atom. The minimum atomic E-state index is -4.71. The Labute approximate surface area is 175 Å². The van der Waals surface area contributed by atoms with Crippen molar-refractivity contribution in [1.82, 2.24) is 5.32 Å². The Balaban J connectivity index is 0.00000196. The molecular formula is C18H26Cl2F3N3O2. The van der Waals surface area contributed by atoms with Crippen molar-refractivity contribution in [1.29, 1.82) is 0 Å². The van der Waals surface area contributed by atoms with E-state index in [2.05, 4.69) is 10.1 Å². The van der Waals surface area contributed by atoms with E-state index in [0.29, 0.717) is 25.3 Å². The molecule has 28 heavy (non-hydrogen) atoms. The Hall–Kier alpha value is -1.38. The van der Waals surface area contributed by atoms with E-state index >= 15 is 0 Å². The number of halogens is 5. The van der Waals surface area contributed by atoms with Crippen LogP contribution in [0.1, 0.15) is 25.7 Å². The number of carbonyl (C=O) groups is 1. The molecule has 5 nitrogen and oxygen atoms in total. The topological polar surface area (TPSA) is 67.6 Å². The van der Waals surface area contributed by atoms with E-state index in [1.165, 1.54) is 18.2 Å². The summed E-state index contributed by atoms with van der Waals surface area (Å²) < 4.78 is 41.1. The van der Waals surface area contributed by atoms with Gasteiger partial charge < -0.3 is 20.7 Å². The van der Waals surface area contributed by atoms with Gasteiger partial charge in [-0.15, -0.1) is 38.0 Å². The fourth-order valence-corrected chi connectivity index (χ4v) is 3.96. The minimum Gasteiger partial charge on any atom is -0.406 e. The second kappa shape index (κ2) is 10.4. The molecule has 0 radical (unpaired) electrons. The van der Waals surface area contributed by atoms with Crippen molar-refractivity contribution < 1.29 is 22.7 Å². The second-order valence-electron chi connectivity index (χ2n) is 7.02. The largest absolute Gasteiger partial charge is 0.573 e. The van der Waals surface area contributed by atoms with E-state index in [1.807, 2.05) is 4.90 Å². The van der Waals surface area contributed by atoms with E-state index in [0.717, 1.165) is 25.7 Å². The van der Waals surface area contributed by atoms with Gasteiger partial charge in [0.15, 0.2) is 0 Å². The van der Waals surface area contributed by atoms with Gasteiger partial charge in [-0.1, -0.05) is 12.5 Å². The summed E-state index contributed by atoms with van der Waals surface area (Å²) in [5, 5.41) is 3.09. The molecule has 2 aliphatic rings. The van der Waals surface area contributed by atoms with Crippen LogP contribution in [0, 0.1) is 11.8 Å². The average Bonchev–Trinajstić information content (AvgIpc) is 3.22. The number of rotatable bonds is 5. The minimum absolute atomic E-state index is 0. The van der Waals surface area contributed by atoms with Crippen LogP contribution in [0.4, 0.5) is 18.9 Å². The van der Waals surface area contributed by atoms with Crippen molar-refractivity contribution in [2.24, 2.45) is 17.6 Å². The van der Waals surface area contributed by atoms with Crippen LogP contribution >= 0.6 is 24.8 Å². The molecule has 1 saturated heterocycles. The molecule has 1 aliphatic heterocycles. The van der Waals surface area contributed by atoms with Crippen LogP contribution < -0.4 is 20.7 Å². The standard InChI is InChI=1S/C18H24F3N3O2.2ClH/c19-18(20,21)26-15-5-2-4-14(9-15)24-8-7-13(11-24)23-17(25)16-6-1-3-12(16)10-22;;/h2,4-5,9,12-13,16H,1,3,6-8,10-11,22H2,(H,23,25);2*1H/t12-,13?,16-;;/m1../s1. The number of carbonyl (C=O) groups excluding carboxylic acids is 1. The van der Waals surface area contributed by atoms with E-state index in [9.17, 15) is 18.0 Å². The SMILES string of the molecule is Cl.Cl.NC[C@H]1CCC[C@H]1C(=O)NC1CCN(c2cccc(OC(F)(F)F)c2)C1. The van der Waals surface area contributed by atoms with Crippen LogP contribution in [0.3, 0.4) is 0 Å². The predicted molar refractivity (Wildman–Crippen MR) is 106 cm³/mol. The maximum atomic E-state index is 12.5. The molecule has 0 aromatic heterocycles. The highest BCUT2D eigenvalue weighted by atomic mass is 35.5. The molecule has 1 aromatic rings. The first-order valence-corrected chi connectivity index (χ1v) is 8.97. The lowest BCUT2D eigenvalue weighted by molar-refractivity contribution is -0.274. The summed E-state index contributed by atoms with van der Waals surface area (Å²) >= 11 is 0. The average molecular weight is 444 g/mol. The van der Waals surface area contributed by atoms with E-state index < -0.39 is 6.36 Å². The number of nitrogens with two attached hydrogens (primary N) is 1. The Morgan fingerprint density at radius 2 is 2.00 bits per heavy atom. The Bertz CT molecular complexity index is 649. The first kappa shape index (κ1) is 24.7. The van der Waals surface area contributed by atoms with Crippen molar-refractivity contribution in [3.63, 3.8) is 0 Å². The summed E-state index contributed by atoms with van der Waals surface area (Å²) in [5.74, 6) is 0.0550. The fourth-order valence-electron chi connectivity index (χ4n) is 3.96. The van der Waals surface area contributed by atoms with Gasteiger partial charge in [0.1, 0.15) is 5.75 Å². The number of hydrogen-bond acceptors (Lipinski definition) is 4. The quantitative estimate of drug-likeness (QED) is 0.730. The predicted octanol–water partition coefficient (Wildman–Crippen LogP) is 3.50. The van der Waals surface area contributed by atoms with Gasteiger partial charge >= 0.3 is 6.36 Å². The van der Waals surface area contributed by atoms with Gasteiger partial charge in [-0.2, -0.15) is 0 Å². The van der Waals surface area contributed by atoms with Gasteiger partial charge in [-0.3, -0.25) is 4.79 Å². The van der Waals surface area contributed by atoms with Gasteiger partial charge in [0, 0.05) is 36.8 Å². The summed E-state index contributed by atoms with van der Waals surface area (Å²) in [4.78, 5) is 14.5. The normalized spacial score (nSPS) is 24.3. The maximum Gasteiger partial charge on any atom is 0.573 e. The molecule has 3 N–H and O–H groups in total. The highest BCUT2D eigenvalue weighted by Crippen LogP contribution is 2.32. The summed E-state index contributed by atoms with van der Waals surface area (Å²) in [6.07, 6.45) is -1.04. The lowest BCUT2D eigenvalue weighted by Gasteiger charge is -2.22. The van der Waals surface area contributed by atoms with E-state index in [1.54, 1.807) is 6.07 Å². The highest BCUT2D eigenvalue weighted by molar-refractivity contribution is 5.85. The van der Waals surface area contributed by atoms with Crippen molar-refractivity contribution >= 4 is 36.4 Å². The monoisotopic (exact) mass is 443 g/mol. The molecule has 3 rings (SSSR count). The molecule has 1 aliphatic carbocycles. The number of ether oxygens (including phenoxy) is 1. The van der Waals surface area contributed by atoms with Crippen LogP contribution in [0.2, 0.25) is 0 Å². The molecular weight excluding hydrogens is 418 g/mol. The number of hydrogen-bond donors (Lipinski definition) is 2. The summed E-state index contributed by atoms with van der Waals surface area (Å²) in [6, 6.07) is 5.92. The van der Waals surface area contributed by atoms with Crippen molar-refractivity contribution in [3.05, 3.63) is 24.3 Å². The molecule has 0 spiro atoms. The van der Waals surface area contributed by atoms with Crippen molar-refractivity contribution in [2.75, 3.05) is 24.5 Å². The second-order valence-corrected chi connectivity index (χ2v) is 7.02.